The Hall–Kier alpha value is -2.01. The summed E-state index contributed by atoms with van der Waals surface area (Å²) in [5.74, 6) is 2.03. The summed E-state index contributed by atoms with van der Waals surface area (Å²) >= 11 is 0. The number of aryl methyl sites for hydroxylation is 1. The molecule has 2 fully saturated rings. The SMILES string of the molecule is Cc1c(C(=O)N[C@@H]2CCC[C@H](C)[C@@H]2C)oc2ccc3c(c12)[C@@H](O)CC1(CCCCC1)O3. The molecule has 5 rings (SSSR count). The van der Waals surface area contributed by atoms with Gasteiger partial charge in [0.05, 0.1) is 6.10 Å². The molecule has 0 saturated heterocycles. The van der Waals surface area contributed by atoms with Gasteiger partial charge in [-0.2, -0.15) is 0 Å². The van der Waals surface area contributed by atoms with Gasteiger partial charge >= 0.3 is 0 Å². The molecule has 1 amide bonds. The Labute approximate surface area is 184 Å². The van der Waals surface area contributed by atoms with E-state index in [9.17, 15) is 9.90 Å². The monoisotopic (exact) mass is 425 g/mol. The fraction of sp³-hybridized carbons (Fsp3) is 0.654. The van der Waals surface area contributed by atoms with Crippen molar-refractivity contribution in [3.63, 3.8) is 0 Å². The number of hydrogen-bond donors (Lipinski definition) is 2. The number of fused-ring (bicyclic) bond motifs is 3. The van der Waals surface area contributed by atoms with E-state index in [0.29, 0.717) is 29.6 Å². The van der Waals surface area contributed by atoms with Crippen LogP contribution in [-0.4, -0.2) is 22.7 Å². The second-order valence-corrected chi connectivity index (χ2v) is 10.3. The lowest BCUT2D eigenvalue weighted by atomic mass is 9.77. The Morgan fingerprint density at radius 1 is 1.13 bits per heavy atom. The van der Waals surface area contributed by atoms with E-state index in [4.69, 9.17) is 9.15 Å². The number of furan rings is 1. The lowest BCUT2D eigenvalue weighted by Gasteiger charge is -2.43. The van der Waals surface area contributed by atoms with Crippen LogP contribution in [0.2, 0.25) is 0 Å². The molecule has 4 atom stereocenters. The van der Waals surface area contributed by atoms with E-state index in [1.54, 1.807) is 0 Å². The van der Waals surface area contributed by atoms with Crippen molar-refractivity contribution < 1.29 is 19.1 Å². The molecule has 2 heterocycles. The van der Waals surface area contributed by atoms with Crippen LogP contribution in [-0.2, 0) is 0 Å². The Kier molecular flexibility index (Phi) is 5.28. The van der Waals surface area contributed by atoms with Gasteiger partial charge in [-0.15, -0.1) is 0 Å². The number of aliphatic hydroxyl groups excluding tert-OH is 1. The zero-order chi connectivity index (χ0) is 21.8. The average molecular weight is 426 g/mol. The molecule has 1 aromatic heterocycles. The molecule has 1 aromatic carbocycles. The number of carbonyl (C=O) groups excluding carboxylic acids is 1. The second-order valence-electron chi connectivity index (χ2n) is 10.3. The zero-order valence-electron chi connectivity index (χ0n) is 19.0. The number of hydrogen-bond acceptors (Lipinski definition) is 4. The van der Waals surface area contributed by atoms with E-state index in [1.807, 2.05) is 19.1 Å². The van der Waals surface area contributed by atoms with Crippen molar-refractivity contribution in [2.24, 2.45) is 11.8 Å². The van der Waals surface area contributed by atoms with Gasteiger partial charge in [0.15, 0.2) is 5.76 Å². The van der Waals surface area contributed by atoms with E-state index < -0.39 is 6.10 Å². The molecule has 2 aromatic rings. The van der Waals surface area contributed by atoms with E-state index in [0.717, 1.165) is 60.8 Å². The molecule has 168 valence electrons. The molecule has 1 spiro atoms. The Bertz CT molecular complexity index is 987. The first-order chi connectivity index (χ1) is 14.9. The minimum Gasteiger partial charge on any atom is -0.487 e. The first kappa shape index (κ1) is 20.9. The molecular weight excluding hydrogens is 390 g/mol. The maximum atomic E-state index is 13.1. The van der Waals surface area contributed by atoms with Crippen LogP contribution in [0.25, 0.3) is 11.0 Å². The van der Waals surface area contributed by atoms with Crippen LogP contribution in [0, 0.1) is 18.8 Å². The van der Waals surface area contributed by atoms with Crippen molar-refractivity contribution in [1.29, 1.82) is 0 Å². The van der Waals surface area contributed by atoms with E-state index in [-0.39, 0.29) is 17.6 Å². The molecule has 0 unspecified atom stereocenters. The van der Waals surface area contributed by atoms with E-state index >= 15 is 0 Å². The van der Waals surface area contributed by atoms with Crippen LogP contribution >= 0.6 is 0 Å². The van der Waals surface area contributed by atoms with Crippen LogP contribution in [0.4, 0.5) is 0 Å². The van der Waals surface area contributed by atoms with Crippen molar-refractivity contribution in [1.82, 2.24) is 5.32 Å². The summed E-state index contributed by atoms with van der Waals surface area (Å²) in [5, 5.41) is 15.2. The topological polar surface area (TPSA) is 71.7 Å². The van der Waals surface area contributed by atoms with Crippen molar-refractivity contribution in [3.8, 4) is 5.75 Å². The van der Waals surface area contributed by atoms with Gasteiger partial charge in [-0.3, -0.25) is 4.79 Å². The minimum absolute atomic E-state index is 0.150. The number of ether oxygens (including phenoxy) is 1. The fourth-order valence-corrected chi connectivity index (χ4v) is 6.24. The summed E-state index contributed by atoms with van der Waals surface area (Å²) in [6.07, 6.45) is 8.94. The molecule has 1 aliphatic heterocycles. The number of aliphatic hydroxyl groups is 1. The maximum absolute atomic E-state index is 13.1. The van der Waals surface area contributed by atoms with Crippen LogP contribution in [0.15, 0.2) is 16.5 Å². The van der Waals surface area contributed by atoms with Gasteiger partial charge in [-0.25, -0.2) is 0 Å². The normalized spacial score (nSPS) is 30.1. The van der Waals surface area contributed by atoms with Gasteiger partial charge in [0, 0.05) is 29.0 Å². The quantitative estimate of drug-likeness (QED) is 0.636. The van der Waals surface area contributed by atoms with Gasteiger partial charge in [0.2, 0.25) is 0 Å². The van der Waals surface area contributed by atoms with Crippen LogP contribution in [0.1, 0.15) is 99.4 Å². The third-order valence-corrected chi connectivity index (χ3v) is 8.31. The number of amides is 1. The number of rotatable bonds is 2. The molecule has 2 saturated carbocycles. The van der Waals surface area contributed by atoms with Crippen molar-refractivity contribution in [2.45, 2.75) is 96.3 Å². The number of nitrogens with one attached hydrogen (secondary N) is 1. The highest BCUT2D eigenvalue weighted by molar-refractivity contribution is 6.00. The average Bonchev–Trinajstić information content (AvgIpc) is 3.08. The molecule has 5 heteroatoms. The van der Waals surface area contributed by atoms with E-state index in [1.165, 1.54) is 12.8 Å². The largest absolute Gasteiger partial charge is 0.487 e. The summed E-state index contributed by atoms with van der Waals surface area (Å²) in [5.41, 5.74) is 1.98. The predicted molar refractivity (Wildman–Crippen MR) is 120 cm³/mol. The fourth-order valence-electron chi connectivity index (χ4n) is 6.24. The van der Waals surface area contributed by atoms with Gasteiger partial charge in [-0.1, -0.05) is 33.1 Å². The van der Waals surface area contributed by atoms with Crippen LogP contribution in [0.5, 0.6) is 5.75 Å². The zero-order valence-corrected chi connectivity index (χ0v) is 19.0. The molecular formula is C26H35NO4. The third kappa shape index (κ3) is 3.55. The number of benzene rings is 1. The van der Waals surface area contributed by atoms with Gasteiger partial charge in [0.25, 0.3) is 5.91 Å². The molecule has 2 N–H and O–H groups in total. The summed E-state index contributed by atoms with van der Waals surface area (Å²) in [6.45, 7) is 6.42. The van der Waals surface area contributed by atoms with Crippen molar-refractivity contribution >= 4 is 16.9 Å². The van der Waals surface area contributed by atoms with Crippen molar-refractivity contribution in [2.75, 3.05) is 0 Å². The van der Waals surface area contributed by atoms with E-state index in [2.05, 4.69) is 19.2 Å². The lowest BCUT2D eigenvalue weighted by Crippen LogP contribution is -2.43. The summed E-state index contributed by atoms with van der Waals surface area (Å²) < 4.78 is 12.5. The Morgan fingerprint density at radius 2 is 1.90 bits per heavy atom. The molecule has 0 radical (unpaired) electrons. The molecule has 31 heavy (non-hydrogen) atoms. The predicted octanol–water partition coefficient (Wildman–Crippen LogP) is 5.81. The Morgan fingerprint density at radius 3 is 2.68 bits per heavy atom. The van der Waals surface area contributed by atoms with Gasteiger partial charge in [0.1, 0.15) is 16.9 Å². The van der Waals surface area contributed by atoms with Crippen LogP contribution in [0.3, 0.4) is 0 Å². The maximum Gasteiger partial charge on any atom is 0.287 e. The first-order valence-corrected chi connectivity index (χ1v) is 12.1. The van der Waals surface area contributed by atoms with Gasteiger partial charge in [-0.05, 0) is 63.0 Å². The highest BCUT2D eigenvalue weighted by atomic mass is 16.5. The van der Waals surface area contributed by atoms with Gasteiger partial charge < -0.3 is 19.6 Å². The number of carbonyl (C=O) groups is 1. The molecule has 2 aliphatic carbocycles. The lowest BCUT2D eigenvalue weighted by molar-refractivity contribution is -0.0373. The Balaban J connectivity index is 1.47. The molecule has 5 nitrogen and oxygen atoms in total. The third-order valence-electron chi connectivity index (χ3n) is 8.31. The first-order valence-electron chi connectivity index (χ1n) is 12.1. The molecule has 0 bridgehead atoms. The second kappa shape index (κ2) is 7.84. The van der Waals surface area contributed by atoms with Crippen molar-refractivity contribution in [3.05, 3.63) is 29.0 Å². The molecule has 3 aliphatic rings. The highest BCUT2D eigenvalue weighted by Crippen LogP contribution is 2.49. The summed E-state index contributed by atoms with van der Waals surface area (Å²) in [4.78, 5) is 13.1. The minimum atomic E-state index is -0.600. The van der Waals surface area contributed by atoms with Crippen LogP contribution < -0.4 is 10.1 Å². The summed E-state index contributed by atoms with van der Waals surface area (Å²) in [7, 11) is 0. The summed E-state index contributed by atoms with van der Waals surface area (Å²) in [6, 6.07) is 3.97. The standard InChI is InChI=1S/C26H35NO4/c1-15-8-7-9-18(16(15)2)27-25(29)24-17(3)22-20(30-24)10-11-21-23(22)19(28)14-26(31-21)12-5-4-6-13-26/h10-11,15-16,18-19,28H,4-9,12-14H2,1-3H3,(H,27,29)/t15-,16-,18+,19-/m0/s1. The smallest absolute Gasteiger partial charge is 0.287 e. The highest BCUT2D eigenvalue weighted by Gasteiger charge is 2.42.